The summed E-state index contributed by atoms with van der Waals surface area (Å²) in [6.45, 7) is 1.25. The number of nitrogens with one attached hydrogen (secondary N) is 2. The lowest BCUT2D eigenvalue weighted by Gasteiger charge is -2.10. The van der Waals surface area contributed by atoms with E-state index < -0.39 is 21.7 Å². The van der Waals surface area contributed by atoms with Crippen LogP contribution in [-0.4, -0.2) is 20.6 Å². The Labute approximate surface area is 92.7 Å². The second-order valence-electron chi connectivity index (χ2n) is 3.25. The molecule has 0 aliphatic heterocycles. The van der Waals surface area contributed by atoms with Crippen LogP contribution in [-0.2, 0) is 14.8 Å². The molecule has 0 heterocycles. The largest absolute Gasteiger partial charge is 0.324 e. The first-order valence-electron chi connectivity index (χ1n) is 4.33. The Kier molecular flexibility index (Phi) is 3.48. The number of benzene rings is 1. The number of hydrogen-bond acceptors (Lipinski definition) is 3. The van der Waals surface area contributed by atoms with Crippen molar-refractivity contribution in [2.24, 2.45) is 0 Å². The number of rotatable bonds is 3. The third kappa shape index (κ3) is 3.85. The van der Waals surface area contributed by atoms with Gasteiger partial charge in [0.1, 0.15) is 5.82 Å². The van der Waals surface area contributed by atoms with E-state index in [9.17, 15) is 17.6 Å². The third-order valence-corrected chi connectivity index (χ3v) is 2.18. The molecule has 16 heavy (non-hydrogen) atoms. The normalized spacial score (nSPS) is 10.9. The molecule has 1 rings (SSSR count). The summed E-state index contributed by atoms with van der Waals surface area (Å²) in [5.41, 5.74) is 0.206. The van der Waals surface area contributed by atoms with Crippen LogP contribution >= 0.6 is 0 Å². The standard InChI is InChI=1S/C9H11FN2O3S/c1-6(13)11-9-5-7(10)3-4-8(9)12-16(2,14)15/h3-5,12H,1-2H3,(H,11,13). The highest BCUT2D eigenvalue weighted by Gasteiger charge is 2.09. The predicted molar refractivity (Wildman–Crippen MR) is 59.2 cm³/mol. The average Bonchev–Trinajstić information content (AvgIpc) is 2.06. The van der Waals surface area contributed by atoms with Crippen molar-refractivity contribution in [1.82, 2.24) is 0 Å². The van der Waals surface area contributed by atoms with Crippen molar-refractivity contribution in [2.45, 2.75) is 6.92 Å². The van der Waals surface area contributed by atoms with E-state index in [-0.39, 0.29) is 11.4 Å². The van der Waals surface area contributed by atoms with Gasteiger partial charge in [0, 0.05) is 6.92 Å². The minimum Gasteiger partial charge on any atom is -0.324 e. The molecule has 0 spiro atoms. The van der Waals surface area contributed by atoms with Crippen molar-refractivity contribution in [3.8, 4) is 0 Å². The Morgan fingerprint density at radius 1 is 1.31 bits per heavy atom. The summed E-state index contributed by atoms with van der Waals surface area (Å²) in [5, 5.41) is 2.33. The van der Waals surface area contributed by atoms with Gasteiger partial charge in [0.05, 0.1) is 17.6 Å². The Morgan fingerprint density at radius 3 is 2.44 bits per heavy atom. The zero-order valence-electron chi connectivity index (χ0n) is 8.74. The van der Waals surface area contributed by atoms with Gasteiger partial charge in [0.2, 0.25) is 15.9 Å². The number of sulfonamides is 1. The monoisotopic (exact) mass is 246 g/mol. The first-order valence-corrected chi connectivity index (χ1v) is 6.22. The summed E-state index contributed by atoms with van der Waals surface area (Å²) in [6.07, 6.45) is 0.966. The molecule has 0 aliphatic rings. The lowest BCUT2D eigenvalue weighted by molar-refractivity contribution is -0.114. The van der Waals surface area contributed by atoms with Gasteiger partial charge in [-0.05, 0) is 18.2 Å². The first kappa shape index (κ1) is 12.4. The number of anilines is 2. The SMILES string of the molecule is CC(=O)Nc1cc(F)ccc1NS(C)(=O)=O. The molecule has 0 fully saturated rings. The molecule has 0 unspecified atom stereocenters. The van der Waals surface area contributed by atoms with Gasteiger partial charge in [0.25, 0.3) is 0 Å². The maximum atomic E-state index is 12.9. The Balaban J connectivity index is 3.12. The highest BCUT2D eigenvalue weighted by Crippen LogP contribution is 2.23. The van der Waals surface area contributed by atoms with E-state index in [4.69, 9.17) is 0 Å². The molecule has 0 aliphatic carbocycles. The van der Waals surface area contributed by atoms with Crippen LogP contribution in [0.3, 0.4) is 0 Å². The van der Waals surface area contributed by atoms with E-state index in [0.717, 1.165) is 18.4 Å². The van der Waals surface area contributed by atoms with E-state index in [0.29, 0.717) is 0 Å². The number of carbonyl (C=O) groups is 1. The number of carbonyl (C=O) groups excluding carboxylic acids is 1. The molecular weight excluding hydrogens is 235 g/mol. The molecule has 5 nitrogen and oxygen atoms in total. The topological polar surface area (TPSA) is 75.3 Å². The Hall–Kier alpha value is -1.63. The molecule has 7 heteroatoms. The van der Waals surface area contributed by atoms with Crippen molar-refractivity contribution < 1.29 is 17.6 Å². The van der Waals surface area contributed by atoms with Crippen molar-refractivity contribution >= 4 is 27.3 Å². The summed E-state index contributed by atoms with van der Waals surface area (Å²) < 4.78 is 37.1. The molecule has 2 N–H and O–H groups in total. The van der Waals surface area contributed by atoms with E-state index in [1.54, 1.807) is 0 Å². The second-order valence-corrected chi connectivity index (χ2v) is 4.99. The second kappa shape index (κ2) is 4.48. The minimum atomic E-state index is -3.47. The fourth-order valence-electron chi connectivity index (χ4n) is 1.10. The van der Waals surface area contributed by atoms with Crippen LogP contribution < -0.4 is 10.0 Å². The van der Waals surface area contributed by atoms with Crippen LogP contribution in [0.2, 0.25) is 0 Å². The minimum absolute atomic E-state index is 0.0814. The van der Waals surface area contributed by atoms with Gasteiger partial charge in [-0.25, -0.2) is 12.8 Å². The maximum Gasteiger partial charge on any atom is 0.229 e. The van der Waals surface area contributed by atoms with Crippen molar-refractivity contribution in [1.29, 1.82) is 0 Å². The third-order valence-electron chi connectivity index (χ3n) is 1.59. The molecular formula is C9H11FN2O3S. The quantitative estimate of drug-likeness (QED) is 0.840. The summed E-state index contributed by atoms with van der Waals surface area (Å²) >= 11 is 0. The van der Waals surface area contributed by atoms with E-state index in [1.807, 2.05) is 0 Å². The highest BCUT2D eigenvalue weighted by atomic mass is 32.2. The molecule has 1 aromatic rings. The lowest BCUT2D eigenvalue weighted by Crippen LogP contribution is -2.14. The van der Waals surface area contributed by atoms with Gasteiger partial charge in [-0.2, -0.15) is 0 Å². The first-order chi connectivity index (χ1) is 7.28. The fourth-order valence-corrected chi connectivity index (χ4v) is 1.68. The summed E-state index contributed by atoms with van der Waals surface area (Å²) in [5.74, 6) is -0.982. The van der Waals surface area contributed by atoms with E-state index in [2.05, 4.69) is 10.0 Å². The van der Waals surface area contributed by atoms with E-state index >= 15 is 0 Å². The van der Waals surface area contributed by atoms with Gasteiger partial charge in [-0.1, -0.05) is 0 Å². The molecule has 1 amide bonds. The van der Waals surface area contributed by atoms with Crippen LogP contribution in [0.1, 0.15) is 6.92 Å². The summed E-state index contributed by atoms with van der Waals surface area (Å²) in [7, 11) is -3.47. The molecule has 1 aromatic carbocycles. The zero-order chi connectivity index (χ0) is 12.3. The average molecular weight is 246 g/mol. The molecule has 0 saturated carbocycles. The van der Waals surface area contributed by atoms with Gasteiger partial charge >= 0.3 is 0 Å². The maximum absolute atomic E-state index is 12.9. The van der Waals surface area contributed by atoms with Crippen LogP contribution in [0.5, 0.6) is 0 Å². The lowest BCUT2D eigenvalue weighted by atomic mass is 10.2. The van der Waals surface area contributed by atoms with Crippen LogP contribution in [0, 0.1) is 5.82 Å². The predicted octanol–water partition coefficient (Wildman–Crippen LogP) is 1.16. The summed E-state index contributed by atoms with van der Waals surface area (Å²) in [4.78, 5) is 10.8. The van der Waals surface area contributed by atoms with Gasteiger partial charge in [0.15, 0.2) is 0 Å². The van der Waals surface area contributed by atoms with Gasteiger partial charge in [-0.15, -0.1) is 0 Å². The number of halogens is 1. The zero-order valence-corrected chi connectivity index (χ0v) is 9.56. The van der Waals surface area contributed by atoms with E-state index in [1.165, 1.54) is 13.0 Å². The van der Waals surface area contributed by atoms with Gasteiger partial charge in [-0.3, -0.25) is 9.52 Å². The highest BCUT2D eigenvalue weighted by molar-refractivity contribution is 7.92. The van der Waals surface area contributed by atoms with Crippen LogP contribution in [0.25, 0.3) is 0 Å². The Bertz CT molecular complexity index is 513. The number of hydrogen-bond donors (Lipinski definition) is 2. The molecule has 0 saturated heterocycles. The molecule has 88 valence electrons. The number of amides is 1. The fraction of sp³-hybridized carbons (Fsp3) is 0.222. The Morgan fingerprint density at radius 2 is 1.94 bits per heavy atom. The van der Waals surface area contributed by atoms with Crippen molar-refractivity contribution in [3.05, 3.63) is 24.0 Å². The van der Waals surface area contributed by atoms with Crippen LogP contribution in [0.15, 0.2) is 18.2 Å². The molecule has 0 aromatic heterocycles. The van der Waals surface area contributed by atoms with Gasteiger partial charge < -0.3 is 5.32 Å². The summed E-state index contributed by atoms with van der Waals surface area (Å²) in [6, 6.07) is 3.37. The van der Waals surface area contributed by atoms with Crippen molar-refractivity contribution in [2.75, 3.05) is 16.3 Å². The van der Waals surface area contributed by atoms with Crippen LogP contribution in [0.4, 0.5) is 15.8 Å². The molecule has 0 atom stereocenters. The smallest absolute Gasteiger partial charge is 0.229 e. The molecule has 0 bridgehead atoms. The molecule has 0 radical (unpaired) electrons. The van der Waals surface area contributed by atoms with Crippen molar-refractivity contribution in [3.63, 3.8) is 0 Å².